The number of pyridine rings is 1. The second kappa shape index (κ2) is 10.6. The van der Waals surface area contributed by atoms with Crippen molar-refractivity contribution in [3.05, 3.63) is 100 Å². The number of thiocarbonyl (C=S) groups is 1. The van der Waals surface area contributed by atoms with Gasteiger partial charge in [0.15, 0.2) is 5.11 Å². The van der Waals surface area contributed by atoms with Crippen LogP contribution in [0.15, 0.2) is 77.4 Å². The maximum absolute atomic E-state index is 12.1. The predicted molar refractivity (Wildman–Crippen MR) is 162 cm³/mol. The summed E-state index contributed by atoms with van der Waals surface area (Å²) in [5, 5.41) is 3.99. The van der Waals surface area contributed by atoms with E-state index in [9.17, 15) is 8.42 Å². The zero-order valence-corrected chi connectivity index (χ0v) is 25.1. The van der Waals surface area contributed by atoms with Gasteiger partial charge in [0.1, 0.15) is 5.75 Å². The molecule has 1 aliphatic heterocycles. The molecule has 2 atom stereocenters. The molecule has 5 rings (SSSR count). The van der Waals surface area contributed by atoms with E-state index in [-0.39, 0.29) is 12.1 Å². The maximum Gasteiger partial charge on any atom is 0.229 e. The molecular weight excluding hydrogens is 598 g/mol. The van der Waals surface area contributed by atoms with Crippen LogP contribution in [0.4, 0.5) is 11.4 Å². The first kappa shape index (κ1) is 27.2. The van der Waals surface area contributed by atoms with Gasteiger partial charge in [0, 0.05) is 33.4 Å². The Morgan fingerprint density at radius 2 is 1.85 bits per heavy atom. The summed E-state index contributed by atoms with van der Waals surface area (Å²) in [4.78, 5) is 6.67. The number of hydrogen-bond donors (Lipinski definition) is 2. The van der Waals surface area contributed by atoms with Gasteiger partial charge in [-0.2, -0.15) is 0 Å². The summed E-state index contributed by atoms with van der Waals surface area (Å²) >= 11 is 9.48. The van der Waals surface area contributed by atoms with Crippen LogP contribution in [-0.2, 0) is 10.0 Å². The molecule has 0 aliphatic carbocycles. The van der Waals surface area contributed by atoms with E-state index in [0.717, 1.165) is 44.7 Å². The number of benzene rings is 2. The molecule has 1 fully saturated rings. The van der Waals surface area contributed by atoms with Crippen LogP contribution in [0.2, 0.25) is 0 Å². The average Bonchev–Trinajstić information content (AvgIpc) is 3.38. The van der Waals surface area contributed by atoms with Crippen molar-refractivity contribution in [2.75, 3.05) is 23.0 Å². The molecule has 2 unspecified atom stereocenters. The fraction of sp³-hybridized carbons (Fsp3) is 0.214. The van der Waals surface area contributed by atoms with E-state index in [0.29, 0.717) is 16.5 Å². The van der Waals surface area contributed by atoms with E-state index in [4.69, 9.17) is 17.0 Å². The zero-order valence-electron chi connectivity index (χ0n) is 21.8. The smallest absolute Gasteiger partial charge is 0.229 e. The second-order valence-corrected chi connectivity index (χ2v) is 12.4. The SMILES string of the molecule is COc1ccc(N2C(=S)NC(c3ccccn3)C2c2cc(C)n(-c3cccc(Br)c3)c2C)cc1NS(C)(=O)=O. The highest BCUT2D eigenvalue weighted by molar-refractivity contribution is 9.10. The largest absolute Gasteiger partial charge is 0.495 e. The van der Waals surface area contributed by atoms with E-state index in [1.54, 1.807) is 18.3 Å². The molecule has 1 saturated heterocycles. The van der Waals surface area contributed by atoms with Crippen molar-refractivity contribution < 1.29 is 13.2 Å². The molecule has 39 heavy (non-hydrogen) atoms. The number of nitrogens with one attached hydrogen (secondary N) is 2. The Bertz CT molecular complexity index is 1660. The minimum absolute atomic E-state index is 0.247. The van der Waals surface area contributed by atoms with Crippen molar-refractivity contribution >= 4 is 54.7 Å². The maximum atomic E-state index is 12.1. The first-order valence-corrected chi connectivity index (χ1v) is 15.3. The van der Waals surface area contributed by atoms with Crippen molar-refractivity contribution in [1.82, 2.24) is 14.9 Å². The number of aryl methyl sites for hydroxylation is 1. The number of methoxy groups -OCH3 is 1. The van der Waals surface area contributed by atoms with Crippen molar-refractivity contribution in [3.63, 3.8) is 0 Å². The van der Waals surface area contributed by atoms with Gasteiger partial charge in [-0.15, -0.1) is 0 Å². The van der Waals surface area contributed by atoms with Crippen LogP contribution in [0.1, 0.15) is 34.7 Å². The fourth-order valence-corrected chi connectivity index (χ4v) is 6.47. The molecular formula is C28H28BrN5O3S2. The van der Waals surface area contributed by atoms with Crippen molar-refractivity contribution in [2.45, 2.75) is 25.9 Å². The second-order valence-electron chi connectivity index (χ2n) is 9.40. The number of aromatic nitrogens is 2. The number of anilines is 2. The fourth-order valence-electron chi connectivity index (χ4n) is 5.17. The summed E-state index contributed by atoms with van der Waals surface area (Å²) in [6.07, 6.45) is 2.88. The van der Waals surface area contributed by atoms with Crippen LogP contribution >= 0.6 is 28.1 Å². The third kappa shape index (κ3) is 5.39. The lowest BCUT2D eigenvalue weighted by atomic mass is 9.96. The van der Waals surface area contributed by atoms with E-state index in [2.05, 4.69) is 67.6 Å². The van der Waals surface area contributed by atoms with Crippen molar-refractivity contribution in [3.8, 4) is 11.4 Å². The molecule has 4 aromatic rings. The lowest BCUT2D eigenvalue weighted by Crippen LogP contribution is -2.29. The summed E-state index contributed by atoms with van der Waals surface area (Å²) in [5.74, 6) is 0.410. The molecule has 0 amide bonds. The van der Waals surface area contributed by atoms with Gasteiger partial charge in [0.2, 0.25) is 10.0 Å². The van der Waals surface area contributed by atoms with Gasteiger partial charge >= 0.3 is 0 Å². The van der Waals surface area contributed by atoms with E-state index >= 15 is 0 Å². The molecule has 2 N–H and O–H groups in total. The monoisotopic (exact) mass is 625 g/mol. The van der Waals surface area contributed by atoms with E-state index in [1.807, 2.05) is 41.3 Å². The summed E-state index contributed by atoms with van der Waals surface area (Å²) in [6, 6.07) is 21.0. The highest BCUT2D eigenvalue weighted by atomic mass is 79.9. The van der Waals surface area contributed by atoms with Crippen LogP contribution in [0.5, 0.6) is 5.75 Å². The highest BCUT2D eigenvalue weighted by Gasteiger charge is 2.42. The van der Waals surface area contributed by atoms with Gasteiger partial charge in [-0.3, -0.25) is 9.71 Å². The highest BCUT2D eigenvalue weighted by Crippen LogP contribution is 2.45. The molecule has 11 heteroatoms. The van der Waals surface area contributed by atoms with E-state index in [1.165, 1.54) is 7.11 Å². The van der Waals surface area contributed by atoms with Crippen molar-refractivity contribution in [1.29, 1.82) is 0 Å². The lowest BCUT2D eigenvalue weighted by molar-refractivity contribution is 0.417. The van der Waals surface area contributed by atoms with Crippen LogP contribution < -0.4 is 19.7 Å². The molecule has 0 saturated carbocycles. The van der Waals surface area contributed by atoms with Gasteiger partial charge in [-0.25, -0.2) is 8.42 Å². The van der Waals surface area contributed by atoms with Crippen molar-refractivity contribution in [2.24, 2.45) is 0 Å². The number of sulfonamides is 1. The number of ether oxygens (including phenoxy) is 1. The predicted octanol–water partition coefficient (Wildman–Crippen LogP) is 5.81. The Hall–Kier alpha value is -3.41. The third-order valence-electron chi connectivity index (χ3n) is 6.71. The average molecular weight is 627 g/mol. The molecule has 0 bridgehead atoms. The Balaban J connectivity index is 1.69. The number of hydrogen-bond acceptors (Lipinski definition) is 5. The van der Waals surface area contributed by atoms with Gasteiger partial charge in [0.25, 0.3) is 0 Å². The summed E-state index contributed by atoms with van der Waals surface area (Å²) < 4.78 is 35.4. The summed E-state index contributed by atoms with van der Waals surface area (Å²) in [7, 11) is -2.04. The standard InChI is InChI=1S/C28H28BrN5O3S2/c1-17-14-22(18(2)33(17)20-9-7-8-19(29)15-20)27-26(23-10-5-6-13-30-23)31-28(38)34(27)21-11-12-25(37-3)24(16-21)32-39(4,35)36/h5-16,26-27,32H,1-4H3,(H,31,38). The van der Waals surface area contributed by atoms with Crippen LogP contribution in [0.25, 0.3) is 5.69 Å². The van der Waals surface area contributed by atoms with Gasteiger partial charge in [-0.05, 0) is 86.2 Å². The molecule has 2 aromatic carbocycles. The molecule has 8 nitrogen and oxygen atoms in total. The first-order valence-electron chi connectivity index (χ1n) is 12.2. The molecule has 1 aliphatic rings. The normalized spacial score (nSPS) is 17.3. The Morgan fingerprint density at radius 3 is 2.51 bits per heavy atom. The quantitative estimate of drug-likeness (QED) is 0.251. The van der Waals surface area contributed by atoms with Gasteiger partial charge in [-0.1, -0.05) is 28.1 Å². The topological polar surface area (TPSA) is 88.5 Å². The number of nitrogens with zero attached hydrogens (tertiary/aromatic N) is 3. The summed E-state index contributed by atoms with van der Waals surface area (Å²) in [6.45, 7) is 4.18. The minimum Gasteiger partial charge on any atom is -0.495 e. The Morgan fingerprint density at radius 1 is 1.05 bits per heavy atom. The number of halogens is 1. The zero-order chi connectivity index (χ0) is 27.9. The first-order chi connectivity index (χ1) is 18.6. The number of rotatable bonds is 7. The Kier molecular flexibility index (Phi) is 7.41. The third-order valence-corrected chi connectivity index (χ3v) is 8.11. The van der Waals surface area contributed by atoms with Crippen LogP contribution in [0.3, 0.4) is 0 Å². The van der Waals surface area contributed by atoms with Crippen LogP contribution in [-0.4, -0.2) is 36.4 Å². The van der Waals surface area contributed by atoms with E-state index < -0.39 is 10.0 Å². The molecule has 0 spiro atoms. The minimum atomic E-state index is -3.54. The summed E-state index contributed by atoms with van der Waals surface area (Å²) in [5.41, 5.74) is 6.16. The lowest BCUT2D eigenvalue weighted by Gasteiger charge is -2.29. The molecule has 2 aromatic heterocycles. The van der Waals surface area contributed by atoms with Gasteiger partial charge in [0.05, 0.1) is 36.8 Å². The molecule has 202 valence electrons. The van der Waals surface area contributed by atoms with Crippen LogP contribution in [0, 0.1) is 13.8 Å². The molecule has 0 radical (unpaired) electrons. The van der Waals surface area contributed by atoms with Gasteiger partial charge < -0.3 is 19.5 Å². The Labute approximate surface area is 242 Å². The molecule has 3 heterocycles.